The standard InChI is InChI=1S/C13H21N3O2/c1-9(2)7-16(8-13(14)18)11-4-5-12(10(3)17)15-6-11/h4-6,9-10,17H,7-8H2,1-3H3,(H2,14,18)/t10-/m0/s1. The van der Waals surface area contributed by atoms with E-state index in [1.54, 1.807) is 19.2 Å². The molecule has 5 nitrogen and oxygen atoms in total. The van der Waals surface area contributed by atoms with Crippen LogP contribution >= 0.6 is 0 Å². The molecule has 0 unspecified atom stereocenters. The summed E-state index contributed by atoms with van der Waals surface area (Å²) in [4.78, 5) is 17.1. The van der Waals surface area contributed by atoms with Gasteiger partial charge in [0.05, 0.1) is 30.2 Å². The Balaban J connectivity index is 2.87. The van der Waals surface area contributed by atoms with Crippen LogP contribution in [0.3, 0.4) is 0 Å². The van der Waals surface area contributed by atoms with E-state index in [1.165, 1.54) is 0 Å². The molecule has 0 radical (unpaired) electrons. The van der Waals surface area contributed by atoms with Crippen LogP contribution in [0.15, 0.2) is 18.3 Å². The summed E-state index contributed by atoms with van der Waals surface area (Å²) in [5.74, 6) is 0.0519. The van der Waals surface area contributed by atoms with E-state index in [9.17, 15) is 9.90 Å². The zero-order valence-corrected chi connectivity index (χ0v) is 11.1. The highest BCUT2D eigenvalue weighted by Gasteiger charge is 2.12. The van der Waals surface area contributed by atoms with Gasteiger partial charge in [-0.25, -0.2) is 0 Å². The zero-order valence-electron chi connectivity index (χ0n) is 11.1. The van der Waals surface area contributed by atoms with Crippen molar-refractivity contribution in [2.75, 3.05) is 18.0 Å². The maximum absolute atomic E-state index is 11.1. The summed E-state index contributed by atoms with van der Waals surface area (Å²) in [5, 5.41) is 9.39. The first-order valence-electron chi connectivity index (χ1n) is 6.07. The number of carbonyl (C=O) groups is 1. The van der Waals surface area contributed by atoms with E-state index < -0.39 is 6.10 Å². The van der Waals surface area contributed by atoms with Crippen LogP contribution in [0.5, 0.6) is 0 Å². The van der Waals surface area contributed by atoms with E-state index in [-0.39, 0.29) is 12.5 Å². The predicted molar refractivity (Wildman–Crippen MR) is 71.1 cm³/mol. The van der Waals surface area contributed by atoms with Crippen LogP contribution in [0.4, 0.5) is 5.69 Å². The summed E-state index contributed by atoms with van der Waals surface area (Å²) in [6, 6.07) is 3.61. The molecule has 0 aliphatic carbocycles. The highest BCUT2D eigenvalue weighted by Crippen LogP contribution is 2.17. The Hall–Kier alpha value is -1.62. The van der Waals surface area contributed by atoms with E-state index >= 15 is 0 Å². The molecule has 1 aromatic rings. The second-order valence-electron chi connectivity index (χ2n) is 4.86. The second kappa shape index (κ2) is 6.35. The maximum atomic E-state index is 11.1. The third-order valence-corrected chi connectivity index (χ3v) is 2.50. The van der Waals surface area contributed by atoms with Crippen molar-refractivity contribution in [3.8, 4) is 0 Å². The number of aliphatic hydroxyl groups is 1. The molecule has 18 heavy (non-hydrogen) atoms. The van der Waals surface area contributed by atoms with Crippen LogP contribution in [0, 0.1) is 5.92 Å². The highest BCUT2D eigenvalue weighted by molar-refractivity contribution is 5.79. The van der Waals surface area contributed by atoms with Gasteiger partial charge >= 0.3 is 0 Å². The number of hydrogen-bond acceptors (Lipinski definition) is 4. The first-order valence-corrected chi connectivity index (χ1v) is 6.07. The van der Waals surface area contributed by atoms with Gasteiger partial charge in [0.15, 0.2) is 0 Å². The fraction of sp³-hybridized carbons (Fsp3) is 0.538. The molecule has 0 saturated carbocycles. The van der Waals surface area contributed by atoms with Gasteiger partial charge in [-0.1, -0.05) is 13.8 Å². The minimum Gasteiger partial charge on any atom is -0.387 e. The Bertz CT molecular complexity index is 388. The summed E-state index contributed by atoms with van der Waals surface area (Å²) in [7, 11) is 0. The Morgan fingerprint density at radius 2 is 2.11 bits per heavy atom. The molecule has 1 aromatic heterocycles. The SMILES string of the molecule is CC(C)CN(CC(N)=O)c1ccc([C@H](C)O)nc1. The van der Waals surface area contributed by atoms with E-state index in [0.717, 1.165) is 12.2 Å². The molecule has 0 fully saturated rings. The third kappa shape index (κ3) is 4.33. The Kier molecular flexibility index (Phi) is 5.09. The molecule has 0 bridgehead atoms. The van der Waals surface area contributed by atoms with E-state index in [0.29, 0.717) is 11.6 Å². The summed E-state index contributed by atoms with van der Waals surface area (Å²) in [5.41, 5.74) is 6.70. The van der Waals surface area contributed by atoms with Gasteiger partial charge in [0.2, 0.25) is 5.91 Å². The lowest BCUT2D eigenvalue weighted by atomic mass is 10.2. The average molecular weight is 251 g/mol. The summed E-state index contributed by atoms with van der Waals surface area (Å²) in [6.45, 7) is 6.72. The summed E-state index contributed by atoms with van der Waals surface area (Å²) in [6.07, 6.45) is 1.07. The predicted octanol–water partition coefficient (Wildman–Crippen LogP) is 1.08. The topological polar surface area (TPSA) is 79.5 Å². The lowest BCUT2D eigenvalue weighted by molar-refractivity contribution is -0.116. The van der Waals surface area contributed by atoms with Crippen molar-refractivity contribution >= 4 is 11.6 Å². The summed E-state index contributed by atoms with van der Waals surface area (Å²) >= 11 is 0. The molecule has 0 aromatic carbocycles. The van der Waals surface area contributed by atoms with Crippen LogP contribution in [0.1, 0.15) is 32.6 Å². The molecule has 100 valence electrons. The largest absolute Gasteiger partial charge is 0.387 e. The quantitative estimate of drug-likeness (QED) is 0.793. The number of rotatable bonds is 6. The van der Waals surface area contributed by atoms with Crippen LogP contribution in [-0.2, 0) is 4.79 Å². The van der Waals surface area contributed by atoms with Gasteiger partial charge < -0.3 is 15.7 Å². The first-order chi connectivity index (χ1) is 8.40. The fourth-order valence-electron chi connectivity index (χ4n) is 1.72. The van der Waals surface area contributed by atoms with Gasteiger partial charge in [0.1, 0.15) is 0 Å². The Morgan fingerprint density at radius 3 is 2.50 bits per heavy atom. The Labute approximate surface area is 108 Å². The van der Waals surface area contributed by atoms with Crippen molar-refractivity contribution in [2.24, 2.45) is 11.7 Å². The van der Waals surface area contributed by atoms with Crippen LogP contribution in [-0.4, -0.2) is 29.1 Å². The molecule has 3 N–H and O–H groups in total. The number of hydrogen-bond donors (Lipinski definition) is 2. The van der Waals surface area contributed by atoms with Gasteiger partial charge in [-0.05, 0) is 25.0 Å². The maximum Gasteiger partial charge on any atom is 0.236 e. The number of nitrogens with zero attached hydrogens (tertiary/aromatic N) is 2. The van der Waals surface area contributed by atoms with E-state index in [1.807, 2.05) is 11.0 Å². The molecular weight excluding hydrogens is 230 g/mol. The number of aromatic nitrogens is 1. The number of carbonyl (C=O) groups excluding carboxylic acids is 1. The van der Waals surface area contributed by atoms with Crippen molar-refractivity contribution in [3.05, 3.63) is 24.0 Å². The van der Waals surface area contributed by atoms with Gasteiger partial charge in [-0.2, -0.15) is 0 Å². The number of primary amides is 1. The van der Waals surface area contributed by atoms with Gasteiger partial charge in [0.25, 0.3) is 0 Å². The van der Waals surface area contributed by atoms with Gasteiger partial charge in [-0.3, -0.25) is 9.78 Å². The van der Waals surface area contributed by atoms with Crippen molar-refractivity contribution in [3.63, 3.8) is 0 Å². The Morgan fingerprint density at radius 1 is 1.44 bits per heavy atom. The molecule has 1 rings (SSSR count). The minimum atomic E-state index is -0.589. The van der Waals surface area contributed by atoms with Crippen molar-refractivity contribution in [1.82, 2.24) is 4.98 Å². The van der Waals surface area contributed by atoms with Crippen molar-refractivity contribution < 1.29 is 9.90 Å². The second-order valence-corrected chi connectivity index (χ2v) is 4.86. The molecular formula is C13H21N3O2. The van der Waals surface area contributed by atoms with E-state index in [4.69, 9.17) is 5.73 Å². The molecule has 0 aliphatic rings. The molecule has 1 amide bonds. The van der Waals surface area contributed by atoms with Crippen LogP contribution < -0.4 is 10.6 Å². The number of pyridine rings is 1. The lowest BCUT2D eigenvalue weighted by Gasteiger charge is -2.25. The van der Waals surface area contributed by atoms with Gasteiger partial charge in [0, 0.05) is 6.54 Å². The molecule has 0 aliphatic heterocycles. The molecule has 1 heterocycles. The number of anilines is 1. The summed E-state index contributed by atoms with van der Waals surface area (Å²) < 4.78 is 0. The van der Waals surface area contributed by atoms with Crippen molar-refractivity contribution in [1.29, 1.82) is 0 Å². The van der Waals surface area contributed by atoms with Crippen molar-refractivity contribution in [2.45, 2.75) is 26.9 Å². The average Bonchev–Trinajstić information content (AvgIpc) is 2.27. The minimum absolute atomic E-state index is 0.174. The third-order valence-electron chi connectivity index (χ3n) is 2.50. The lowest BCUT2D eigenvalue weighted by Crippen LogP contribution is -2.36. The normalized spacial score (nSPS) is 12.5. The smallest absolute Gasteiger partial charge is 0.236 e. The number of nitrogens with two attached hydrogens (primary N) is 1. The van der Waals surface area contributed by atoms with E-state index in [2.05, 4.69) is 18.8 Å². The molecule has 1 atom stereocenters. The number of aliphatic hydroxyl groups excluding tert-OH is 1. The van der Waals surface area contributed by atoms with Crippen LogP contribution in [0.25, 0.3) is 0 Å². The zero-order chi connectivity index (χ0) is 13.7. The highest BCUT2D eigenvalue weighted by atomic mass is 16.3. The molecule has 5 heteroatoms. The molecule has 0 saturated heterocycles. The molecule has 0 spiro atoms. The monoisotopic (exact) mass is 251 g/mol. The van der Waals surface area contributed by atoms with Gasteiger partial charge in [-0.15, -0.1) is 0 Å². The van der Waals surface area contributed by atoms with Crippen LogP contribution in [0.2, 0.25) is 0 Å². The number of amides is 1. The first kappa shape index (κ1) is 14.4. The fourth-order valence-corrected chi connectivity index (χ4v) is 1.72.